The van der Waals surface area contributed by atoms with Crippen molar-refractivity contribution in [1.29, 1.82) is 0 Å². The van der Waals surface area contributed by atoms with Crippen LogP contribution in [0.4, 0.5) is 9.39 Å². The number of thiophene rings is 1. The number of aryl methyl sites for hydroxylation is 2. The van der Waals surface area contributed by atoms with E-state index < -0.39 is 11.8 Å². The molecule has 156 valence electrons. The SMILES string of the molecule is Cc1sc(NC(=O)c2nc(C)n(-c3ccc(F)cc3)n2)c(C(N)=O)c1-c1ccccc1. The zero-order chi connectivity index (χ0) is 22.1. The van der Waals surface area contributed by atoms with Crippen LogP contribution in [0.25, 0.3) is 16.8 Å². The molecule has 2 amide bonds. The highest BCUT2D eigenvalue weighted by Crippen LogP contribution is 2.39. The van der Waals surface area contributed by atoms with Crippen LogP contribution in [-0.2, 0) is 0 Å². The summed E-state index contributed by atoms with van der Waals surface area (Å²) < 4.78 is 14.6. The van der Waals surface area contributed by atoms with Crippen molar-refractivity contribution in [3.63, 3.8) is 0 Å². The summed E-state index contributed by atoms with van der Waals surface area (Å²) >= 11 is 1.26. The molecule has 0 saturated carbocycles. The van der Waals surface area contributed by atoms with Gasteiger partial charge in [0, 0.05) is 10.4 Å². The minimum absolute atomic E-state index is 0.0791. The first kappa shape index (κ1) is 20.4. The summed E-state index contributed by atoms with van der Waals surface area (Å²) in [5.74, 6) is -1.21. The van der Waals surface area contributed by atoms with Gasteiger partial charge in [-0.15, -0.1) is 16.4 Å². The van der Waals surface area contributed by atoms with Crippen LogP contribution in [0, 0.1) is 19.7 Å². The van der Waals surface area contributed by atoms with Gasteiger partial charge < -0.3 is 11.1 Å². The fourth-order valence-electron chi connectivity index (χ4n) is 3.29. The van der Waals surface area contributed by atoms with E-state index in [-0.39, 0.29) is 17.2 Å². The van der Waals surface area contributed by atoms with Crippen LogP contribution in [0.1, 0.15) is 31.7 Å². The van der Waals surface area contributed by atoms with Crippen molar-refractivity contribution in [3.8, 4) is 16.8 Å². The molecule has 0 unspecified atom stereocenters. The Hall–Kier alpha value is -3.85. The number of carbonyl (C=O) groups excluding carboxylic acids is 2. The summed E-state index contributed by atoms with van der Waals surface area (Å²) in [6.07, 6.45) is 0. The number of rotatable bonds is 5. The number of nitrogens with two attached hydrogens (primary N) is 1. The molecule has 0 aliphatic carbocycles. The van der Waals surface area contributed by atoms with Crippen LogP contribution in [0.15, 0.2) is 54.6 Å². The number of carbonyl (C=O) groups is 2. The maximum atomic E-state index is 13.2. The predicted octanol–water partition coefficient (Wildman–Crippen LogP) is 4.10. The molecule has 0 spiro atoms. The Labute approximate surface area is 181 Å². The van der Waals surface area contributed by atoms with E-state index in [0.29, 0.717) is 22.1 Å². The van der Waals surface area contributed by atoms with Crippen LogP contribution in [-0.4, -0.2) is 26.6 Å². The molecule has 31 heavy (non-hydrogen) atoms. The third-order valence-corrected chi connectivity index (χ3v) is 5.68. The number of halogens is 1. The van der Waals surface area contributed by atoms with Crippen LogP contribution in [0.3, 0.4) is 0 Å². The first-order valence-electron chi connectivity index (χ1n) is 9.34. The molecule has 4 rings (SSSR count). The number of aromatic nitrogens is 3. The van der Waals surface area contributed by atoms with Gasteiger partial charge in [-0.1, -0.05) is 30.3 Å². The van der Waals surface area contributed by atoms with Crippen LogP contribution >= 0.6 is 11.3 Å². The van der Waals surface area contributed by atoms with Crippen LogP contribution < -0.4 is 11.1 Å². The smallest absolute Gasteiger partial charge is 0.295 e. The molecule has 0 saturated heterocycles. The van der Waals surface area contributed by atoms with Gasteiger partial charge in [-0.3, -0.25) is 9.59 Å². The van der Waals surface area contributed by atoms with E-state index in [2.05, 4.69) is 15.4 Å². The van der Waals surface area contributed by atoms with E-state index in [4.69, 9.17) is 5.73 Å². The van der Waals surface area contributed by atoms with Gasteiger partial charge in [-0.2, -0.15) is 0 Å². The molecule has 2 aromatic carbocycles. The first-order chi connectivity index (χ1) is 14.8. The van der Waals surface area contributed by atoms with E-state index in [1.165, 1.54) is 28.2 Å². The lowest BCUT2D eigenvalue weighted by Crippen LogP contribution is -2.18. The number of nitrogens with one attached hydrogen (secondary N) is 1. The molecule has 3 N–H and O–H groups in total. The second-order valence-corrected chi connectivity index (χ2v) is 8.02. The molecule has 0 radical (unpaired) electrons. The highest BCUT2D eigenvalue weighted by molar-refractivity contribution is 7.17. The van der Waals surface area contributed by atoms with Gasteiger partial charge in [0.2, 0.25) is 5.82 Å². The first-order valence-corrected chi connectivity index (χ1v) is 10.2. The monoisotopic (exact) mass is 435 g/mol. The van der Waals surface area contributed by atoms with E-state index in [9.17, 15) is 14.0 Å². The number of anilines is 1. The Bertz CT molecular complexity index is 1280. The van der Waals surface area contributed by atoms with Crippen LogP contribution in [0.2, 0.25) is 0 Å². The fourth-order valence-corrected chi connectivity index (χ4v) is 4.37. The number of benzene rings is 2. The fraction of sp³-hybridized carbons (Fsp3) is 0.0909. The summed E-state index contributed by atoms with van der Waals surface area (Å²) in [7, 11) is 0. The lowest BCUT2D eigenvalue weighted by molar-refractivity contribution is 0.100. The number of hydrogen-bond acceptors (Lipinski definition) is 5. The van der Waals surface area contributed by atoms with E-state index in [0.717, 1.165) is 10.4 Å². The number of nitrogens with zero attached hydrogens (tertiary/aromatic N) is 3. The van der Waals surface area contributed by atoms with Crippen molar-refractivity contribution in [3.05, 3.63) is 82.5 Å². The minimum atomic E-state index is -0.639. The zero-order valence-corrected chi connectivity index (χ0v) is 17.5. The molecule has 4 aromatic rings. The number of amides is 2. The lowest BCUT2D eigenvalue weighted by atomic mass is 10.0. The summed E-state index contributed by atoms with van der Waals surface area (Å²) in [6.45, 7) is 3.55. The van der Waals surface area contributed by atoms with Crippen molar-refractivity contribution in [2.75, 3.05) is 5.32 Å². The average molecular weight is 435 g/mol. The molecule has 0 aliphatic rings. The van der Waals surface area contributed by atoms with Gasteiger partial charge in [0.25, 0.3) is 11.8 Å². The van der Waals surface area contributed by atoms with E-state index in [1.54, 1.807) is 19.1 Å². The maximum absolute atomic E-state index is 13.2. The van der Waals surface area contributed by atoms with Gasteiger partial charge in [0.05, 0.1) is 11.3 Å². The van der Waals surface area contributed by atoms with Gasteiger partial charge in [-0.25, -0.2) is 14.1 Å². The summed E-state index contributed by atoms with van der Waals surface area (Å²) in [5, 5.41) is 7.29. The Balaban J connectivity index is 1.68. The lowest BCUT2D eigenvalue weighted by Gasteiger charge is -2.06. The van der Waals surface area contributed by atoms with Crippen molar-refractivity contribution in [1.82, 2.24) is 14.8 Å². The quantitative estimate of drug-likeness (QED) is 0.492. The third-order valence-electron chi connectivity index (χ3n) is 4.66. The minimum Gasteiger partial charge on any atom is -0.365 e. The molecule has 0 fully saturated rings. The summed E-state index contributed by atoms with van der Waals surface area (Å²) in [6, 6.07) is 15.0. The second kappa shape index (κ2) is 8.11. The predicted molar refractivity (Wildman–Crippen MR) is 117 cm³/mol. The maximum Gasteiger partial charge on any atom is 0.295 e. The standard InChI is InChI=1S/C22H18FN5O2S/c1-12-17(14-6-4-3-5-7-14)18(19(24)29)22(31-12)26-21(30)20-25-13(2)28(27-20)16-10-8-15(23)9-11-16/h3-11H,1-2H3,(H2,24,29)(H,26,30). The van der Waals surface area contributed by atoms with E-state index >= 15 is 0 Å². The normalized spacial score (nSPS) is 10.8. The highest BCUT2D eigenvalue weighted by Gasteiger charge is 2.24. The second-order valence-electron chi connectivity index (χ2n) is 6.79. The molecule has 0 bridgehead atoms. The molecular weight excluding hydrogens is 417 g/mol. The molecule has 2 aromatic heterocycles. The summed E-state index contributed by atoms with van der Waals surface area (Å²) in [4.78, 5) is 30.1. The van der Waals surface area contributed by atoms with Crippen molar-refractivity contribution < 1.29 is 14.0 Å². The molecule has 0 aliphatic heterocycles. The van der Waals surface area contributed by atoms with Crippen LogP contribution in [0.5, 0.6) is 0 Å². The topological polar surface area (TPSA) is 103 Å². The van der Waals surface area contributed by atoms with Gasteiger partial charge in [-0.05, 0) is 43.7 Å². The molecule has 7 nitrogen and oxygen atoms in total. The Morgan fingerprint density at radius 2 is 1.74 bits per heavy atom. The molecule has 0 atom stereocenters. The summed E-state index contributed by atoms with van der Waals surface area (Å²) in [5.41, 5.74) is 7.99. The van der Waals surface area contributed by atoms with Gasteiger partial charge >= 0.3 is 0 Å². The Morgan fingerprint density at radius 3 is 2.39 bits per heavy atom. The number of primary amides is 1. The van der Waals surface area contributed by atoms with Crippen molar-refractivity contribution >= 4 is 28.2 Å². The van der Waals surface area contributed by atoms with Crippen molar-refractivity contribution in [2.24, 2.45) is 5.73 Å². The largest absolute Gasteiger partial charge is 0.365 e. The zero-order valence-electron chi connectivity index (χ0n) is 16.7. The van der Waals surface area contributed by atoms with Crippen molar-refractivity contribution in [2.45, 2.75) is 13.8 Å². The number of hydrogen-bond donors (Lipinski definition) is 2. The highest BCUT2D eigenvalue weighted by atomic mass is 32.1. The third kappa shape index (κ3) is 3.95. The Morgan fingerprint density at radius 1 is 1.06 bits per heavy atom. The molecule has 2 heterocycles. The molecular formula is C22H18FN5O2S. The Kier molecular flexibility index (Phi) is 5.35. The van der Waals surface area contributed by atoms with Gasteiger partial charge in [0.1, 0.15) is 16.6 Å². The molecule has 9 heteroatoms. The van der Waals surface area contributed by atoms with Gasteiger partial charge in [0.15, 0.2) is 0 Å². The average Bonchev–Trinajstić information content (AvgIpc) is 3.29. The van der Waals surface area contributed by atoms with E-state index in [1.807, 2.05) is 37.3 Å².